The second kappa shape index (κ2) is 6.59. The zero-order valence-corrected chi connectivity index (χ0v) is 12.8. The maximum Gasteiger partial charge on any atom is 0.242 e. The Bertz CT molecular complexity index is 701. The van der Waals surface area contributed by atoms with Crippen molar-refractivity contribution in [1.82, 2.24) is 14.9 Å². The van der Waals surface area contributed by atoms with Crippen molar-refractivity contribution in [3.8, 4) is 6.07 Å². The van der Waals surface area contributed by atoms with E-state index in [0.29, 0.717) is 17.9 Å². The minimum atomic E-state index is -0.427. The largest absolute Gasteiger partial charge is 0.354 e. The molecule has 6 heteroatoms. The fraction of sp³-hybridized carbons (Fsp3) is 0.400. The average Bonchev–Trinajstić information content (AvgIpc) is 2.88. The van der Waals surface area contributed by atoms with Gasteiger partial charge in [-0.3, -0.25) is 4.79 Å². The number of alkyl halides is 1. The monoisotopic (exact) mass is 304 g/mol. The van der Waals surface area contributed by atoms with Crippen LogP contribution in [0.1, 0.15) is 37.7 Å². The lowest BCUT2D eigenvalue weighted by atomic mass is 10.2. The van der Waals surface area contributed by atoms with E-state index in [9.17, 15) is 4.79 Å². The van der Waals surface area contributed by atoms with Gasteiger partial charge in [-0.05, 0) is 31.5 Å². The first-order chi connectivity index (χ1) is 10.1. The first-order valence-corrected chi connectivity index (χ1v) is 7.40. The number of imidazole rings is 1. The summed E-state index contributed by atoms with van der Waals surface area (Å²) in [5.74, 6) is 0.757. The highest BCUT2D eigenvalue weighted by atomic mass is 35.5. The first kappa shape index (κ1) is 15.3. The molecule has 2 rings (SSSR count). The van der Waals surface area contributed by atoms with Crippen LogP contribution in [0.4, 0.5) is 0 Å². The normalized spacial score (nSPS) is 12.1. The van der Waals surface area contributed by atoms with E-state index in [1.165, 1.54) is 0 Å². The number of aromatic nitrogens is 2. The van der Waals surface area contributed by atoms with Gasteiger partial charge in [0, 0.05) is 6.54 Å². The second-order valence-electron chi connectivity index (χ2n) is 4.81. The van der Waals surface area contributed by atoms with Gasteiger partial charge in [0.1, 0.15) is 11.9 Å². The van der Waals surface area contributed by atoms with Crippen LogP contribution in [0.15, 0.2) is 18.2 Å². The van der Waals surface area contributed by atoms with Gasteiger partial charge in [0.2, 0.25) is 5.91 Å². The standard InChI is InChI=1S/C15H17ClN4O/c1-3-6-18-15(21)10(2)20-13-7-11(9-17)4-5-12(13)19-14(20)8-16/h4-5,7,10H,3,6,8H2,1-2H3,(H,18,21). The van der Waals surface area contributed by atoms with Gasteiger partial charge in [-0.25, -0.2) is 4.98 Å². The average molecular weight is 305 g/mol. The van der Waals surface area contributed by atoms with E-state index >= 15 is 0 Å². The molecule has 1 aromatic heterocycles. The summed E-state index contributed by atoms with van der Waals surface area (Å²) in [6, 6.07) is 6.90. The van der Waals surface area contributed by atoms with Gasteiger partial charge in [0.05, 0.1) is 28.5 Å². The zero-order chi connectivity index (χ0) is 15.4. The quantitative estimate of drug-likeness (QED) is 0.863. The first-order valence-electron chi connectivity index (χ1n) is 6.87. The summed E-state index contributed by atoms with van der Waals surface area (Å²) in [6.45, 7) is 4.44. The van der Waals surface area contributed by atoms with Crippen molar-refractivity contribution in [2.24, 2.45) is 0 Å². The Morgan fingerprint density at radius 1 is 1.57 bits per heavy atom. The highest BCUT2D eigenvalue weighted by Gasteiger charge is 2.21. The predicted molar refractivity (Wildman–Crippen MR) is 82.0 cm³/mol. The fourth-order valence-corrected chi connectivity index (χ4v) is 2.44. The van der Waals surface area contributed by atoms with Crippen molar-refractivity contribution in [2.75, 3.05) is 6.54 Å². The van der Waals surface area contributed by atoms with E-state index < -0.39 is 6.04 Å². The van der Waals surface area contributed by atoms with Gasteiger partial charge < -0.3 is 9.88 Å². The van der Waals surface area contributed by atoms with Crippen LogP contribution >= 0.6 is 11.6 Å². The lowest BCUT2D eigenvalue weighted by molar-refractivity contribution is -0.123. The molecule has 1 amide bonds. The van der Waals surface area contributed by atoms with Crippen LogP contribution in [0, 0.1) is 11.3 Å². The van der Waals surface area contributed by atoms with Crippen LogP contribution in [-0.2, 0) is 10.7 Å². The minimum Gasteiger partial charge on any atom is -0.354 e. The highest BCUT2D eigenvalue weighted by Crippen LogP contribution is 2.23. The Labute approximate surface area is 128 Å². The predicted octanol–water partition coefficient (Wildman–Crippen LogP) is 2.73. The van der Waals surface area contributed by atoms with E-state index in [2.05, 4.69) is 16.4 Å². The van der Waals surface area contributed by atoms with Gasteiger partial charge >= 0.3 is 0 Å². The summed E-state index contributed by atoms with van der Waals surface area (Å²) in [6.07, 6.45) is 0.879. The summed E-state index contributed by atoms with van der Waals surface area (Å²) >= 11 is 5.95. The van der Waals surface area contributed by atoms with Crippen LogP contribution in [0.25, 0.3) is 11.0 Å². The number of benzene rings is 1. The molecule has 0 bridgehead atoms. The number of nitrogens with zero attached hydrogens (tertiary/aromatic N) is 3. The Morgan fingerprint density at radius 2 is 2.33 bits per heavy atom. The van der Waals surface area contributed by atoms with Gasteiger partial charge in [-0.2, -0.15) is 5.26 Å². The van der Waals surface area contributed by atoms with E-state index in [1.54, 1.807) is 29.7 Å². The molecule has 0 saturated heterocycles. The molecule has 1 aromatic carbocycles. The van der Waals surface area contributed by atoms with Crippen LogP contribution < -0.4 is 5.32 Å². The fourth-order valence-electron chi connectivity index (χ4n) is 2.25. The van der Waals surface area contributed by atoms with Crippen LogP contribution in [0.5, 0.6) is 0 Å². The highest BCUT2D eigenvalue weighted by molar-refractivity contribution is 6.17. The molecule has 0 aliphatic heterocycles. The number of hydrogen-bond donors (Lipinski definition) is 1. The topological polar surface area (TPSA) is 70.7 Å². The molecule has 1 heterocycles. The molecule has 0 aliphatic rings. The Balaban J connectivity index is 2.49. The van der Waals surface area contributed by atoms with Crippen molar-refractivity contribution >= 4 is 28.5 Å². The van der Waals surface area contributed by atoms with E-state index in [-0.39, 0.29) is 11.8 Å². The molecule has 0 spiro atoms. The smallest absolute Gasteiger partial charge is 0.242 e. The number of nitriles is 1. The number of nitrogens with one attached hydrogen (secondary N) is 1. The third-order valence-electron chi connectivity index (χ3n) is 3.33. The number of amides is 1. The lowest BCUT2D eigenvalue weighted by Gasteiger charge is -2.16. The lowest BCUT2D eigenvalue weighted by Crippen LogP contribution is -2.32. The van der Waals surface area contributed by atoms with Crippen molar-refractivity contribution in [3.63, 3.8) is 0 Å². The van der Waals surface area contributed by atoms with Crippen molar-refractivity contribution in [3.05, 3.63) is 29.6 Å². The van der Waals surface area contributed by atoms with Crippen LogP contribution in [0.2, 0.25) is 0 Å². The van der Waals surface area contributed by atoms with Gasteiger partial charge in [-0.15, -0.1) is 11.6 Å². The maximum absolute atomic E-state index is 12.2. The molecule has 0 fully saturated rings. The number of rotatable bonds is 5. The summed E-state index contributed by atoms with van der Waals surface area (Å²) in [5.41, 5.74) is 2.02. The molecule has 1 atom stereocenters. The zero-order valence-electron chi connectivity index (χ0n) is 12.1. The molecular weight excluding hydrogens is 288 g/mol. The third-order valence-corrected chi connectivity index (χ3v) is 3.57. The number of hydrogen-bond acceptors (Lipinski definition) is 3. The van der Waals surface area contributed by atoms with E-state index in [1.807, 2.05) is 6.92 Å². The summed E-state index contributed by atoms with van der Waals surface area (Å²) in [5, 5.41) is 11.9. The van der Waals surface area contributed by atoms with Crippen LogP contribution in [0.3, 0.4) is 0 Å². The number of fused-ring (bicyclic) bond motifs is 1. The van der Waals surface area contributed by atoms with E-state index in [4.69, 9.17) is 16.9 Å². The molecule has 0 saturated carbocycles. The number of halogens is 1. The maximum atomic E-state index is 12.2. The van der Waals surface area contributed by atoms with Crippen LogP contribution in [-0.4, -0.2) is 22.0 Å². The van der Waals surface area contributed by atoms with Crippen molar-refractivity contribution in [1.29, 1.82) is 5.26 Å². The molecule has 2 aromatic rings. The molecule has 110 valence electrons. The molecule has 5 nitrogen and oxygen atoms in total. The van der Waals surface area contributed by atoms with Gasteiger partial charge in [0.25, 0.3) is 0 Å². The molecular formula is C15H17ClN4O. The van der Waals surface area contributed by atoms with E-state index in [0.717, 1.165) is 17.5 Å². The molecule has 0 radical (unpaired) electrons. The van der Waals surface area contributed by atoms with Gasteiger partial charge in [-0.1, -0.05) is 6.92 Å². The summed E-state index contributed by atoms with van der Waals surface area (Å²) in [7, 11) is 0. The van der Waals surface area contributed by atoms with Crippen molar-refractivity contribution < 1.29 is 4.79 Å². The molecule has 1 N–H and O–H groups in total. The number of carbonyl (C=O) groups is 1. The molecule has 21 heavy (non-hydrogen) atoms. The third kappa shape index (κ3) is 3.01. The minimum absolute atomic E-state index is 0.0788. The molecule has 1 unspecified atom stereocenters. The Hall–Kier alpha value is -2.06. The van der Waals surface area contributed by atoms with Crippen molar-refractivity contribution in [2.45, 2.75) is 32.2 Å². The Kier molecular flexibility index (Phi) is 4.81. The summed E-state index contributed by atoms with van der Waals surface area (Å²) < 4.78 is 1.80. The van der Waals surface area contributed by atoms with Gasteiger partial charge in [0.15, 0.2) is 0 Å². The number of carbonyl (C=O) groups excluding carboxylic acids is 1. The summed E-state index contributed by atoms with van der Waals surface area (Å²) in [4.78, 5) is 16.6. The second-order valence-corrected chi connectivity index (χ2v) is 5.08. The molecule has 0 aliphatic carbocycles. The Morgan fingerprint density at radius 3 is 2.95 bits per heavy atom. The SMILES string of the molecule is CCCNC(=O)C(C)n1c(CCl)nc2ccc(C#N)cc21.